The number of phosphoric ester groups is 1. The molecule has 0 aliphatic heterocycles. The Balaban J connectivity index is 2.24. The number of hydrogen-bond acceptors (Lipinski definition) is 8. The van der Waals surface area contributed by atoms with Crippen molar-refractivity contribution in [3.8, 4) is 0 Å². The first-order valence-corrected chi connectivity index (χ1v) is 22.4. The van der Waals surface area contributed by atoms with Crippen LogP contribution in [0.15, 0.2) is 36.5 Å². The Morgan fingerprint density at radius 3 is 1.89 bits per heavy atom. The summed E-state index contributed by atoms with van der Waals surface area (Å²) >= 11 is 0. The third-order valence-corrected chi connectivity index (χ3v) is 10.1. The summed E-state index contributed by atoms with van der Waals surface area (Å²) in [5.41, 5.74) is 0. The van der Waals surface area contributed by atoms with E-state index in [1.807, 2.05) is 24.3 Å². The van der Waals surface area contributed by atoms with Gasteiger partial charge >= 0.3 is 19.8 Å². The standard InChI is InChI=1S/C42H73O10P/c1-3-5-7-8-9-10-11-12-13-14-15-16-17-18-19-25-29-42(46)52-38(35-51-53(47,48)49)34-50-41(45)28-24-21-20-23-26-36-30-33-40(44)39(36)32-31-37(43)27-22-6-4-2/h20,23,30-33,36-39,43H,3-19,21-22,24-29,34-35H2,1-2H3,(H2,47,48,49)/b23-20-,32-31+/t36-,37-,38+,39+/m0/s1. The van der Waals surface area contributed by atoms with E-state index < -0.39 is 38.6 Å². The summed E-state index contributed by atoms with van der Waals surface area (Å²) in [4.78, 5) is 55.3. The van der Waals surface area contributed by atoms with Crippen LogP contribution >= 0.6 is 7.82 Å². The molecule has 306 valence electrons. The second-order valence-corrected chi connectivity index (χ2v) is 15.9. The van der Waals surface area contributed by atoms with E-state index in [9.17, 15) is 24.1 Å². The van der Waals surface area contributed by atoms with E-state index >= 15 is 0 Å². The fourth-order valence-electron chi connectivity index (χ4n) is 6.42. The van der Waals surface area contributed by atoms with Crippen LogP contribution in [0.3, 0.4) is 0 Å². The maximum absolute atomic E-state index is 12.4. The largest absolute Gasteiger partial charge is 0.469 e. The number of unbranched alkanes of at least 4 members (excludes halogenated alkanes) is 18. The molecule has 0 aromatic carbocycles. The molecule has 0 aromatic heterocycles. The highest BCUT2D eigenvalue weighted by Gasteiger charge is 2.27. The van der Waals surface area contributed by atoms with Gasteiger partial charge in [-0.3, -0.25) is 18.9 Å². The van der Waals surface area contributed by atoms with Crippen LogP contribution in [-0.2, 0) is 32.9 Å². The Kier molecular flexibility index (Phi) is 29.7. The predicted molar refractivity (Wildman–Crippen MR) is 211 cm³/mol. The highest BCUT2D eigenvalue weighted by Crippen LogP contribution is 2.36. The topological polar surface area (TPSA) is 157 Å². The lowest BCUT2D eigenvalue weighted by molar-refractivity contribution is -0.161. The second kappa shape index (κ2) is 32.2. The fraction of sp³-hybridized carbons (Fsp3) is 0.786. The SMILES string of the molecule is CCCCCCCCCCCCCCCCCCC(=O)O[C@H](COC(=O)CCC/C=C\C[C@H]1C=CC(=O)[C@@H]1/C=C/[C@@H](O)CCCCC)COP(=O)(O)O. The minimum absolute atomic E-state index is 0.0295. The highest BCUT2D eigenvalue weighted by atomic mass is 31.2. The van der Waals surface area contributed by atoms with Crippen molar-refractivity contribution in [1.82, 2.24) is 0 Å². The molecule has 0 spiro atoms. The molecule has 4 atom stereocenters. The van der Waals surface area contributed by atoms with Crippen LogP contribution in [0.5, 0.6) is 0 Å². The molecule has 0 fully saturated rings. The lowest BCUT2D eigenvalue weighted by atomic mass is 9.90. The Hall–Kier alpha value is -2.10. The van der Waals surface area contributed by atoms with Crippen LogP contribution in [-0.4, -0.2) is 58.0 Å². The lowest BCUT2D eigenvalue weighted by Gasteiger charge is -2.18. The summed E-state index contributed by atoms with van der Waals surface area (Å²) in [6.45, 7) is 3.42. The summed E-state index contributed by atoms with van der Waals surface area (Å²) in [6, 6.07) is 0. The van der Waals surface area contributed by atoms with Crippen molar-refractivity contribution < 1.29 is 47.8 Å². The fourth-order valence-corrected chi connectivity index (χ4v) is 6.78. The Bertz CT molecular complexity index is 1100. The number of ether oxygens (including phenoxy) is 2. The van der Waals surface area contributed by atoms with Gasteiger partial charge in [0, 0.05) is 18.8 Å². The molecule has 0 radical (unpaired) electrons. The summed E-state index contributed by atoms with van der Waals surface area (Å²) < 4.78 is 26.4. The van der Waals surface area contributed by atoms with Gasteiger partial charge in [0.25, 0.3) is 0 Å². The smallest absolute Gasteiger partial charge is 0.462 e. The number of hydrogen-bond donors (Lipinski definition) is 3. The van der Waals surface area contributed by atoms with Crippen molar-refractivity contribution in [1.29, 1.82) is 0 Å². The zero-order valence-corrected chi connectivity index (χ0v) is 33.9. The molecule has 0 amide bonds. The minimum atomic E-state index is -4.80. The monoisotopic (exact) mass is 768 g/mol. The van der Waals surface area contributed by atoms with E-state index in [1.165, 1.54) is 77.0 Å². The van der Waals surface area contributed by atoms with E-state index in [0.717, 1.165) is 38.5 Å². The molecule has 0 unspecified atom stereocenters. The Morgan fingerprint density at radius 2 is 1.30 bits per heavy atom. The molecule has 0 bridgehead atoms. The van der Waals surface area contributed by atoms with Crippen molar-refractivity contribution >= 4 is 25.5 Å². The first-order valence-electron chi connectivity index (χ1n) is 20.8. The molecule has 10 nitrogen and oxygen atoms in total. The highest BCUT2D eigenvalue weighted by molar-refractivity contribution is 7.46. The van der Waals surface area contributed by atoms with Gasteiger partial charge in [-0.15, -0.1) is 0 Å². The molecule has 3 N–H and O–H groups in total. The van der Waals surface area contributed by atoms with Gasteiger partial charge in [-0.1, -0.05) is 160 Å². The molecule has 1 aliphatic rings. The average molecular weight is 769 g/mol. The quantitative estimate of drug-likeness (QED) is 0.0245. The van der Waals surface area contributed by atoms with Gasteiger partial charge in [-0.2, -0.15) is 0 Å². The van der Waals surface area contributed by atoms with Crippen molar-refractivity contribution in [2.75, 3.05) is 13.2 Å². The number of esters is 2. The number of phosphoric acid groups is 1. The molecule has 0 aromatic rings. The van der Waals surface area contributed by atoms with Crippen molar-refractivity contribution in [2.24, 2.45) is 11.8 Å². The predicted octanol–water partition coefficient (Wildman–Crippen LogP) is 10.2. The second-order valence-electron chi connectivity index (χ2n) is 14.6. The van der Waals surface area contributed by atoms with Gasteiger partial charge in [0.15, 0.2) is 11.9 Å². The van der Waals surface area contributed by atoms with E-state index in [2.05, 4.69) is 18.4 Å². The van der Waals surface area contributed by atoms with Gasteiger partial charge in [-0.05, 0) is 44.1 Å². The Labute approximate surface area is 320 Å². The third-order valence-electron chi connectivity index (χ3n) is 9.66. The summed E-state index contributed by atoms with van der Waals surface area (Å²) in [6.07, 6.45) is 34.9. The number of carbonyl (C=O) groups is 3. The van der Waals surface area contributed by atoms with Crippen LogP contribution < -0.4 is 0 Å². The number of ketones is 1. The number of aliphatic hydroxyl groups is 1. The molecule has 0 heterocycles. The maximum Gasteiger partial charge on any atom is 0.469 e. The van der Waals surface area contributed by atoms with Crippen LogP contribution in [0.4, 0.5) is 0 Å². The van der Waals surface area contributed by atoms with Gasteiger partial charge in [-0.25, -0.2) is 4.57 Å². The number of aliphatic hydroxyl groups excluding tert-OH is 1. The summed E-state index contributed by atoms with van der Waals surface area (Å²) in [5, 5.41) is 10.2. The zero-order valence-electron chi connectivity index (χ0n) is 33.0. The molecular formula is C42H73O10P. The maximum atomic E-state index is 12.4. The number of carbonyl (C=O) groups excluding carboxylic acids is 3. The van der Waals surface area contributed by atoms with Crippen molar-refractivity contribution in [3.63, 3.8) is 0 Å². The van der Waals surface area contributed by atoms with Crippen LogP contribution in [0.1, 0.15) is 174 Å². The van der Waals surface area contributed by atoms with Crippen LogP contribution in [0, 0.1) is 11.8 Å². The van der Waals surface area contributed by atoms with Gasteiger partial charge in [0.1, 0.15) is 6.61 Å². The summed E-state index contributed by atoms with van der Waals surface area (Å²) in [5.74, 6) is -1.24. The van der Waals surface area contributed by atoms with E-state index in [-0.39, 0.29) is 37.1 Å². The number of rotatable bonds is 35. The minimum Gasteiger partial charge on any atom is -0.462 e. The molecule has 0 saturated heterocycles. The van der Waals surface area contributed by atoms with Crippen molar-refractivity contribution in [3.05, 3.63) is 36.5 Å². The van der Waals surface area contributed by atoms with Crippen LogP contribution in [0.2, 0.25) is 0 Å². The van der Waals surface area contributed by atoms with Gasteiger partial charge < -0.3 is 24.4 Å². The van der Waals surface area contributed by atoms with E-state index in [1.54, 1.807) is 12.2 Å². The molecule has 1 rings (SSSR count). The molecular weight excluding hydrogens is 695 g/mol. The van der Waals surface area contributed by atoms with Crippen molar-refractivity contribution in [2.45, 2.75) is 187 Å². The number of allylic oxidation sites excluding steroid dienone is 5. The van der Waals surface area contributed by atoms with E-state index in [0.29, 0.717) is 32.1 Å². The zero-order chi connectivity index (χ0) is 39.0. The molecule has 0 saturated carbocycles. The lowest BCUT2D eigenvalue weighted by Crippen LogP contribution is -2.29. The molecule has 53 heavy (non-hydrogen) atoms. The Morgan fingerprint density at radius 1 is 0.755 bits per heavy atom. The molecule has 1 aliphatic carbocycles. The van der Waals surface area contributed by atoms with Crippen LogP contribution in [0.25, 0.3) is 0 Å². The van der Waals surface area contributed by atoms with E-state index in [4.69, 9.17) is 19.3 Å². The third kappa shape index (κ3) is 28.9. The normalized spacial score (nSPS) is 17.3. The summed E-state index contributed by atoms with van der Waals surface area (Å²) in [7, 11) is -4.80. The first-order chi connectivity index (χ1) is 25.6. The molecule has 11 heteroatoms. The van der Waals surface area contributed by atoms with Gasteiger partial charge in [0.05, 0.1) is 12.7 Å². The van der Waals surface area contributed by atoms with Gasteiger partial charge in [0.2, 0.25) is 0 Å². The first kappa shape index (κ1) is 48.9. The average Bonchev–Trinajstić information content (AvgIpc) is 3.47.